The summed E-state index contributed by atoms with van der Waals surface area (Å²) in [7, 11) is 2.21. The van der Waals surface area contributed by atoms with E-state index in [9.17, 15) is 0 Å². The van der Waals surface area contributed by atoms with Gasteiger partial charge in [-0.25, -0.2) is 0 Å². The van der Waals surface area contributed by atoms with Crippen molar-refractivity contribution in [2.45, 2.75) is 74.3 Å². The van der Waals surface area contributed by atoms with Crippen molar-refractivity contribution < 1.29 is 0 Å². The van der Waals surface area contributed by atoms with Crippen molar-refractivity contribution in [2.24, 2.45) is 5.92 Å². The third kappa shape index (κ3) is 3.06. The number of hydrogen-bond donors (Lipinski definition) is 0. The van der Waals surface area contributed by atoms with Crippen LogP contribution >= 0.6 is 0 Å². The molecule has 1 heteroatoms. The number of benzene rings is 1. The molecule has 1 aliphatic rings. The summed E-state index contributed by atoms with van der Waals surface area (Å²) in [4.78, 5) is 2.39. The van der Waals surface area contributed by atoms with Crippen molar-refractivity contribution in [1.29, 1.82) is 0 Å². The van der Waals surface area contributed by atoms with Crippen LogP contribution < -0.4 is 0 Å². The van der Waals surface area contributed by atoms with Crippen molar-refractivity contribution in [3.63, 3.8) is 0 Å². The minimum absolute atomic E-state index is 0.425. The molecular weight excluding hydrogens is 290 g/mol. The summed E-state index contributed by atoms with van der Waals surface area (Å²) in [5.41, 5.74) is 11.7. The third-order valence-corrected chi connectivity index (χ3v) is 5.96. The standard InChI is InChI=1S/C23H35N/c1-13(2)20-11-15(5)16(6)22-18(8)17(7)19(9)24(10)12-21(14(3)4)23(20)22/h11-14,19H,1-10H3/b18-17-,21-12-/t19-/m0/s1. The van der Waals surface area contributed by atoms with Crippen molar-refractivity contribution in [3.8, 4) is 0 Å². The summed E-state index contributed by atoms with van der Waals surface area (Å²) in [6, 6.07) is 2.84. The number of aryl methyl sites for hydroxylation is 1. The highest BCUT2D eigenvalue weighted by Crippen LogP contribution is 2.42. The Hall–Kier alpha value is -1.50. The van der Waals surface area contributed by atoms with Gasteiger partial charge in [0, 0.05) is 19.3 Å². The number of fused-ring (bicyclic) bond motifs is 1. The normalized spacial score (nSPS) is 23.9. The maximum absolute atomic E-state index is 2.42. The van der Waals surface area contributed by atoms with Crippen LogP contribution in [0.25, 0.3) is 11.1 Å². The summed E-state index contributed by atoms with van der Waals surface area (Å²) >= 11 is 0. The number of rotatable bonds is 2. The Labute approximate surface area is 149 Å². The molecule has 0 spiro atoms. The molecule has 0 aromatic heterocycles. The lowest BCUT2D eigenvalue weighted by Gasteiger charge is -2.34. The van der Waals surface area contributed by atoms with E-state index < -0.39 is 0 Å². The predicted molar refractivity (Wildman–Crippen MR) is 108 cm³/mol. The Bertz CT molecular complexity index is 701. The van der Waals surface area contributed by atoms with Gasteiger partial charge in [0.15, 0.2) is 0 Å². The Kier molecular flexibility index (Phi) is 5.32. The first-order chi connectivity index (χ1) is 11.1. The van der Waals surface area contributed by atoms with Crippen LogP contribution in [0.4, 0.5) is 0 Å². The Balaban J connectivity index is 3.02. The minimum Gasteiger partial charge on any atom is -0.374 e. The molecular formula is C23H35N. The van der Waals surface area contributed by atoms with Gasteiger partial charge in [-0.3, -0.25) is 0 Å². The molecule has 0 saturated carbocycles. The number of likely N-dealkylation sites (N-methyl/N-ethyl adjacent to an activating group) is 1. The maximum Gasteiger partial charge on any atom is 0.0468 e. The highest BCUT2D eigenvalue weighted by Gasteiger charge is 2.26. The molecule has 0 radical (unpaired) electrons. The molecule has 132 valence electrons. The average molecular weight is 326 g/mol. The highest BCUT2D eigenvalue weighted by atomic mass is 15.1. The zero-order valence-electron chi connectivity index (χ0n) is 17.3. The number of nitrogens with zero attached hydrogens (tertiary/aromatic N) is 1. The molecule has 1 atom stereocenters. The van der Waals surface area contributed by atoms with Gasteiger partial charge in [-0.05, 0) is 91.0 Å². The quantitative estimate of drug-likeness (QED) is 0.596. The molecule has 0 fully saturated rings. The average Bonchev–Trinajstić information content (AvgIpc) is 2.51. The van der Waals surface area contributed by atoms with E-state index in [0.717, 1.165) is 0 Å². The van der Waals surface area contributed by atoms with Crippen LogP contribution in [0.5, 0.6) is 0 Å². The summed E-state index contributed by atoms with van der Waals surface area (Å²) in [6.45, 7) is 20.8. The van der Waals surface area contributed by atoms with Gasteiger partial charge >= 0.3 is 0 Å². The van der Waals surface area contributed by atoms with Crippen LogP contribution in [0.2, 0.25) is 0 Å². The molecule has 1 aliphatic heterocycles. The fraction of sp³-hybridized carbons (Fsp3) is 0.565. The van der Waals surface area contributed by atoms with Gasteiger partial charge < -0.3 is 4.90 Å². The summed E-state index contributed by atoms with van der Waals surface area (Å²) < 4.78 is 0. The molecule has 1 heterocycles. The molecule has 0 N–H and O–H groups in total. The Morgan fingerprint density at radius 2 is 1.50 bits per heavy atom. The van der Waals surface area contributed by atoms with E-state index in [2.05, 4.69) is 86.5 Å². The van der Waals surface area contributed by atoms with Gasteiger partial charge in [-0.2, -0.15) is 0 Å². The van der Waals surface area contributed by atoms with E-state index in [1.807, 2.05) is 0 Å². The van der Waals surface area contributed by atoms with Gasteiger partial charge in [0.1, 0.15) is 0 Å². The van der Waals surface area contributed by atoms with Crippen molar-refractivity contribution >= 4 is 11.1 Å². The first-order valence-electron chi connectivity index (χ1n) is 9.33. The van der Waals surface area contributed by atoms with Gasteiger partial charge in [0.05, 0.1) is 0 Å². The van der Waals surface area contributed by atoms with Crippen LogP contribution in [0.1, 0.15) is 82.2 Å². The predicted octanol–water partition coefficient (Wildman–Crippen LogP) is 6.55. The van der Waals surface area contributed by atoms with Crippen molar-refractivity contribution in [3.05, 3.63) is 45.7 Å². The molecule has 1 aromatic rings. The number of hydrogen-bond acceptors (Lipinski definition) is 1. The van der Waals surface area contributed by atoms with Crippen LogP contribution in [0.3, 0.4) is 0 Å². The van der Waals surface area contributed by atoms with Crippen molar-refractivity contribution in [2.75, 3.05) is 7.05 Å². The lowest BCUT2D eigenvalue weighted by molar-refractivity contribution is 0.391. The third-order valence-electron chi connectivity index (χ3n) is 5.96. The molecule has 1 aromatic carbocycles. The molecule has 0 aliphatic carbocycles. The second-order valence-electron chi connectivity index (χ2n) is 8.20. The largest absolute Gasteiger partial charge is 0.374 e. The second-order valence-corrected chi connectivity index (χ2v) is 8.20. The molecule has 2 rings (SSSR count). The van der Waals surface area contributed by atoms with E-state index in [1.54, 1.807) is 0 Å². The summed E-state index contributed by atoms with van der Waals surface area (Å²) in [6.07, 6.45) is 2.39. The van der Waals surface area contributed by atoms with E-state index in [-0.39, 0.29) is 0 Å². The molecule has 0 bridgehead atoms. The summed E-state index contributed by atoms with van der Waals surface area (Å²) in [5, 5.41) is 0. The highest BCUT2D eigenvalue weighted by molar-refractivity contribution is 5.86. The Morgan fingerprint density at radius 3 is 2.00 bits per heavy atom. The van der Waals surface area contributed by atoms with Crippen LogP contribution in [0, 0.1) is 19.8 Å². The zero-order valence-corrected chi connectivity index (χ0v) is 17.3. The fourth-order valence-corrected chi connectivity index (χ4v) is 3.83. The zero-order chi connectivity index (χ0) is 18.3. The van der Waals surface area contributed by atoms with Gasteiger partial charge in [-0.1, -0.05) is 33.8 Å². The number of allylic oxidation sites excluding steroid dienone is 2. The topological polar surface area (TPSA) is 3.24 Å². The summed E-state index contributed by atoms with van der Waals surface area (Å²) in [5.74, 6) is 1.03. The van der Waals surface area contributed by atoms with Crippen molar-refractivity contribution in [1.82, 2.24) is 4.90 Å². The van der Waals surface area contributed by atoms with Gasteiger partial charge in [0.25, 0.3) is 0 Å². The molecule has 0 amide bonds. The maximum atomic E-state index is 2.42. The monoisotopic (exact) mass is 325 g/mol. The SMILES string of the molecule is C/C1=C(\C)[C@H](C)N(C)/C=C(/C(C)C)c2c(C(C)C)cc(C)c(C)c21. The first-order valence-corrected chi connectivity index (χ1v) is 9.33. The lowest BCUT2D eigenvalue weighted by atomic mass is 9.77. The van der Waals surface area contributed by atoms with E-state index in [0.29, 0.717) is 17.9 Å². The second kappa shape index (κ2) is 6.78. The molecule has 24 heavy (non-hydrogen) atoms. The molecule has 0 unspecified atom stereocenters. The van der Waals surface area contributed by atoms with Crippen LogP contribution in [-0.2, 0) is 0 Å². The minimum atomic E-state index is 0.425. The van der Waals surface area contributed by atoms with Gasteiger partial charge in [-0.15, -0.1) is 0 Å². The fourth-order valence-electron chi connectivity index (χ4n) is 3.83. The van der Waals surface area contributed by atoms with Gasteiger partial charge in [0.2, 0.25) is 0 Å². The van der Waals surface area contributed by atoms with E-state index in [1.165, 1.54) is 44.5 Å². The van der Waals surface area contributed by atoms with Crippen LogP contribution in [-0.4, -0.2) is 18.0 Å². The Morgan fingerprint density at radius 1 is 0.917 bits per heavy atom. The molecule has 1 nitrogen and oxygen atoms in total. The molecule has 0 saturated heterocycles. The van der Waals surface area contributed by atoms with E-state index in [4.69, 9.17) is 0 Å². The van der Waals surface area contributed by atoms with E-state index >= 15 is 0 Å². The van der Waals surface area contributed by atoms with Crippen LogP contribution in [0.15, 0.2) is 17.8 Å². The first kappa shape index (κ1) is 18.8. The lowest BCUT2D eigenvalue weighted by Crippen LogP contribution is -2.28. The smallest absolute Gasteiger partial charge is 0.0468 e.